The summed E-state index contributed by atoms with van der Waals surface area (Å²) in [7, 11) is 0. The number of hydrogen-bond donors (Lipinski definition) is 2. The summed E-state index contributed by atoms with van der Waals surface area (Å²) in [4.78, 5) is 11.0. The van der Waals surface area contributed by atoms with E-state index in [4.69, 9.17) is 16.7 Å². The zero-order valence-corrected chi connectivity index (χ0v) is 11.4. The second-order valence-electron chi connectivity index (χ2n) is 4.38. The molecule has 0 unspecified atom stereocenters. The minimum Gasteiger partial charge on any atom is -0.395 e. The van der Waals surface area contributed by atoms with Crippen molar-refractivity contribution in [2.45, 2.75) is 25.7 Å². The molecule has 0 saturated carbocycles. The summed E-state index contributed by atoms with van der Waals surface area (Å²) in [6, 6.07) is 0. The van der Waals surface area contributed by atoms with Gasteiger partial charge in [-0.1, -0.05) is 0 Å². The molecule has 6 heteroatoms. The third-order valence-electron chi connectivity index (χ3n) is 3.19. The van der Waals surface area contributed by atoms with Crippen LogP contribution in [-0.4, -0.2) is 28.2 Å². The van der Waals surface area contributed by atoms with Gasteiger partial charge < -0.3 is 10.4 Å². The number of nitrogens with zero attached hydrogens (tertiary/aromatic N) is 2. The lowest BCUT2D eigenvalue weighted by atomic mass is 9.97. The zero-order chi connectivity index (χ0) is 12.5. The molecule has 0 aromatic carbocycles. The van der Waals surface area contributed by atoms with E-state index in [1.54, 1.807) is 11.3 Å². The van der Waals surface area contributed by atoms with Crippen molar-refractivity contribution < 1.29 is 5.11 Å². The molecular weight excluding hydrogens is 270 g/mol. The zero-order valence-electron chi connectivity index (χ0n) is 9.87. The van der Waals surface area contributed by atoms with Crippen molar-refractivity contribution in [2.24, 2.45) is 0 Å². The van der Waals surface area contributed by atoms with Crippen molar-refractivity contribution in [3.63, 3.8) is 0 Å². The second kappa shape index (κ2) is 4.99. The number of thiophene rings is 1. The number of aromatic nitrogens is 2. The molecule has 0 saturated heterocycles. The van der Waals surface area contributed by atoms with Crippen LogP contribution >= 0.6 is 22.9 Å². The van der Waals surface area contributed by atoms with Gasteiger partial charge in [-0.15, -0.1) is 11.3 Å². The number of fused-ring (bicyclic) bond motifs is 3. The van der Waals surface area contributed by atoms with E-state index >= 15 is 0 Å². The molecule has 0 fully saturated rings. The van der Waals surface area contributed by atoms with E-state index in [1.807, 2.05) is 0 Å². The molecule has 1 aliphatic rings. The Morgan fingerprint density at radius 2 is 2.11 bits per heavy atom. The smallest absolute Gasteiger partial charge is 0.225 e. The molecule has 0 atom stereocenters. The molecule has 2 aromatic heterocycles. The van der Waals surface area contributed by atoms with Crippen molar-refractivity contribution in [3.05, 3.63) is 15.7 Å². The average Bonchev–Trinajstić information content (AvgIpc) is 2.73. The average molecular weight is 284 g/mol. The first-order valence-electron chi connectivity index (χ1n) is 6.12. The topological polar surface area (TPSA) is 58.0 Å². The summed E-state index contributed by atoms with van der Waals surface area (Å²) in [5.74, 6) is 0.762. The van der Waals surface area contributed by atoms with Crippen LogP contribution in [0, 0.1) is 0 Å². The third-order valence-corrected chi connectivity index (χ3v) is 4.55. The Morgan fingerprint density at radius 1 is 1.28 bits per heavy atom. The van der Waals surface area contributed by atoms with Crippen LogP contribution in [0.25, 0.3) is 10.2 Å². The molecule has 18 heavy (non-hydrogen) atoms. The highest BCUT2D eigenvalue weighted by Crippen LogP contribution is 2.38. The molecule has 0 bridgehead atoms. The van der Waals surface area contributed by atoms with Gasteiger partial charge in [0.25, 0.3) is 0 Å². The van der Waals surface area contributed by atoms with Gasteiger partial charge in [-0.05, 0) is 42.8 Å². The maximum atomic E-state index is 8.92. The van der Waals surface area contributed by atoms with Gasteiger partial charge >= 0.3 is 0 Å². The van der Waals surface area contributed by atoms with Gasteiger partial charge in [0, 0.05) is 11.4 Å². The van der Waals surface area contributed by atoms with Crippen molar-refractivity contribution >= 4 is 39.0 Å². The molecule has 0 spiro atoms. The number of hydrogen-bond acceptors (Lipinski definition) is 5. The fraction of sp³-hybridized carbons (Fsp3) is 0.500. The predicted octanol–water partition coefficient (Wildman–Crippen LogP) is 2.63. The van der Waals surface area contributed by atoms with E-state index in [-0.39, 0.29) is 11.9 Å². The summed E-state index contributed by atoms with van der Waals surface area (Å²) < 4.78 is 0. The van der Waals surface area contributed by atoms with E-state index in [0.717, 1.165) is 28.9 Å². The Morgan fingerprint density at radius 3 is 2.94 bits per heavy atom. The highest BCUT2D eigenvalue weighted by atomic mass is 35.5. The summed E-state index contributed by atoms with van der Waals surface area (Å²) in [5, 5.41) is 13.4. The quantitative estimate of drug-likeness (QED) is 0.850. The number of anilines is 1. The van der Waals surface area contributed by atoms with Crippen LogP contribution in [-0.2, 0) is 12.8 Å². The normalized spacial score (nSPS) is 14.8. The molecule has 2 aromatic rings. The fourth-order valence-electron chi connectivity index (χ4n) is 2.43. The SMILES string of the molecule is OCCNc1nc(Cl)nc2sc3c(c12)CCCC3. The number of nitrogens with one attached hydrogen (secondary N) is 1. The Bertz CT molecular complexity index is 584. The second-order valence-corrected chi connectivity index (χ2v) is 5.80. The molecule has 3 rings (SSSR count). The van der Waals surface area contributed by atoms with Crippen LogP contribution in [0.4, 0.5) is 5.82 Å². The summed E-state index contributed by atoms with van der Waals surface area (Å²) >= 11 is 7.67. The molecule has 1 aliphatic carbocycles. The van der Waals surface area contributed by atoms with Crippen molar-refractivity contribution in [2.75, 3.05) is 18.5 Å². The molecule has 4 nitrogen and oxygen atoms in total. The maximum absolute atomic E-state index is 8.92. The summed E-state index contributed by atoms with van der Waals surface area (Å²) in [6.45, 7) is 0.558. The lowest BCUT2D eigenvalue weighted by Gasteiger charge is -2.12. The molecule has 0 amide bonds. The van der Waals surface area contributed by atoms with Gasteiger partial charge in [0.2, 0.25) is 5.28 Å². The van der Waals surface area contributed by atoms with E-state index in [2.05, 4.69) is 15.3 Å². The van der Waals surface area contributed by atoms with E-state index < -0.39 is 0 Å². The Labute approximate surface area is 114 Å². The van der Waals surface area contributed by atoms with E-state index in [9.17, 15) is 0 Å². The standard InChI is InChI=1S/C12H14ClN3OS/c13-12-15-10(14-5-6-17)9-7-3-1-2-4-8(7)18-11(9)16-12/h17H,1-6H2,(H,14,15,16). The van der Waals surface area contributed by atoms with Gasteiger partial charge in [-0.25, -0.2) is 9.97 Å². The van der Waals surface area contributed by atoms with Gasteiger partial charge in [0.1, 0.15) is 10.6 Å². The first-order chi connectivity index (χ1) is 8.79. The van der Waals surface area contributed by atoms with Crippen molar-refractivity contribution in [1.29, 1.82) is 0 Å². The Balaban J connectivity index is 2.16. The minimum atomic E-state index is 0.0788. The maximum Gasteiger partial charge on any atom is 0.225 e. The van der Waals surface area contributed by atoms with Gasteiger partial charge in [0.15, 0.2) is 0 Å². The van der Waals surface area contributed by atoms with Crippen LogP contribution in [0.1, 0.15) is 23.3 Å². The molecule has 0 radical (unpaired) electrons. The van der Waals surface area contributed by atoms with Crippen molar-refractivity contribution in [3.8, 4) is 0 Å². The molecule has 96 valence electrons. The summed E-state index contributed by atoms with van der Waals surface area (Å²) in [5.41, 5.74) is 1.37. The third kappa shape index (κ3) is 2.06. The van der Waals surface area contributed by atoms with E-state index in [0.29, 0.717) is 6.54 Å². The molecule has 2 heterocycles. The highest BCUT2D eigenvalue weighted by Gasteiger charge is 2.20. The summed E-state index contributed by atoms with van der Waals surface area (Å²) in [6.07, 6.45) is 4.70. The fourth-order valence-corrected chi connectivity index (χ4v) is 3.91. The molecule has 0 aliphatic heterocycles. The Kier molecular flexibility index (Phi) is 3.37. The van der Waals surface area contributed by atoms with Gasteiger partial charge in [-0.3, -0.25) is 0 Å². The van der Waals surface area contributed by atoms with Gasteiger partial charge in [0.05, 0.1) is 12.0 Å². The van der Waals surface area contributed by atoms with Gasteiger partial charge in [-0.2, -0.15) is 0 Å². The number of rotatable bonds is 3. The number of aliphatic hydroxyl groups excluding tert-OH is 1. The van der Waals surface area contributed by atoms with Crippen LogP contribution in [0.2, 0.25) is 5.28 Å². The van der Waals surface area contributed by atoms with Crippen LogP contribution in [0.3, 0.4) is 0 Å². The number of aliphatic hydroxyl groups is 1. The van der Waals surface area contributed by atoms with Crippen LogP contribution in [0.5, 0.6) is 0 Å². The monoisotopic (exact) mass is 283 g/mol. The van der Waals surface area contributed by atoms with Crippen LogP contribution in [0.15, 0.2) is 0 Å². The largest absolute Gasteiger partial charge is 0.395 e. The first-order valence-corrected chi connectivity index (χ1v) is 7.31. The first kappa shape index (κ1) is 12.1. The minimum absolute atomic E-state index is 0.0788. The van der Waals surface area contributed by atoms with Crippen molar-refractivity contribution in [1.82, 2.24) is 9.97 Å². The predicted molar refractivity (Wildman–Crippen MR) is 74.6 cm³/mol. The lowest BCUT2D eigenvalue weighted by molar-refractivity contribution is 0.311. The van der Waals surface area contributed by atoms with E-state index in [1.165, 1.54) is 23.3 Å². The molecular formula is C12H14ClN3OS. The number of halogens is 1. The Hall–Kier alpha value is -0.910. The van der Waals surface area contributed by atoms with Crippen LogP contribution < -0.4 is 5.32 Å². The number of aryl methyl sites for hydroxylation is 2. The highest BCUT2D eigenvalue weighted by molar-refractivity contribution is 7.19. The molecule has 2 N–H and O–H groups in total. The lowest BCUT2D eigenvalue weighted by Crippen LogP contribution is -2.08.